The van der Waals surface area contributed by atoms with Gasteiger partial charge in [-0.1, -0.05) is 40.3 Å². The van der Waals surface area contributed by atoms with Gasteiger partial charge in [0.15, 0.2) is 10.9 Å². The van der Waals surface area contributed by atoms with Crippen molar-refractivity contribution in [3.8, 4) is 0 Å². The summed E-state index contributed by atoms with van der Waals surface area (Å²) < 4.78 is 12.6. The summed E-state index contributed by atoms with van der Waals surface area (Å²) in [6.45, 7) is 7.21. The summed E-state index contributed by atoms with van der Waals surface area (Å²) >= 11 is 12.5. The number of thiazole rings is 1. The van der Waals surface area contributed by atoms with Crippen molar-refractivity contribution in [2.45, 2.75) is 37.0 Å². The van der Waals surface area contributed by atoms with Crippen LogP contribution >= 0.6 is 34.5 Å². The van der Waals surface area contributed by atoms with Gasteiger partial charge in [-0.15, -0.1) is 18.2 Å². The molecule has 0 aliphatic carbocycles. The number of anilines is 2. The fourth-order valence-electron chi connectivity index (χ4n) is 2.19. The number of carbonyl (C=O) groups excluding carboxylic acids is 1. The van der Waals surface area contributed by atoms with Crippen LogP contribution in [0.25, 0.3) is 0 Å². The average molecular weight is 517 g/mol. The van der Waals surface area contributed by atoms with E-state index in [1.807, 2.05) is 6.92 Å². The van der Waals surface area contributed by atoms with Crippen LogP contribution in [0.2, 0.25) is 0 Å². The zero-order valence-corrected chi connectivity index (χ0v) is 21.2. The molecule has 0 saturated carbocycles. The van der Waals surface area contributed by atoms with E-state index in [9.17, 15) is 13.9 Å². The fraction of sp³-hybridized carbons (Fsp3) is 0.318. The normalized spacial score (nSPS) is 13.8. The molecule has 2 atom stereocenters. The lowest BCUT2D eigenvalue weighted by Crippen LogP contribution is -2.07. The zero-order valence-electron chi connectivity index (χ0n) is 18.1. The van der Waals surface area contributed by atoms with Gasteiger partial charge in [0.05, 0.1) is 17.6 Å². The summed E-state index contributed by atoms with van der Waals surface area (Å²) in [7, 11) is -2.45. The molecular formula is C22H27Cl2N3O3S2. The van der Waals surface area contributed by atoms with Crippen LogP contribution < -0.4 is 5.32 Å². The Balaban J connectivity index is 0.000000920. The van der Waals surface area contributed by atoms with E-state index in [1.165, 1.54) is 17.5 Å². The molecule has 1 aromatic carbocycles. The Hall–Kier alpha value is -2.00. The number of halogens is 2. The highest BCUT2D eigenvalue weighted by atomic mass is 35.5. The van der Waals surface area contributed by atoms with Gasteiger partial charge in [0, 0.05) is 33.2 Å². The third-order valence-electron chi connectivity index (χ3n) is 4.01. The van der Waals surface area contributed by atoms with Gasteiger partial charge in [-0.05, 0) is 59.9 Å². The maximum Gasteiger partial charge on any atom is 0.187 e. The molecule has 1 N–H and O–H groups in total. The highest BCUT2D eigenvalue weighted by Gasteiger charge is 2.12. The van der Waals surface area contributed by atoms with Crippen molar-refractivity contribution in [2.75, 3.05) is 17.6 Å². The second-order valence-corrected chi connectivity index (χ2v) is 11.4. The van der Waals surface area contributed by atoms with E-state index in [0.29, 0.717) is 32.1 Å². The molecule has 0 aliphatic rings. The van der Waals surface area contributed by atoms with Gasteiger partial charge in [-0.2, -0.15) is 4.91 Å². The number of aromatic nitrogens is 1. The zero-order chi connectivity index (χ0) is 24.1. The van der Waals surface area contributed by atoms with Gasteiger partial charge < -0.3 is 5.32 Å². The molecule has 0 bridgehead atoms. The lowest BCUT2D eigenvalue weighted by molar-refractivity contribution is 0.0998. The molecule has 0 radical (unpaired) electrons. The van der Waals surface area contributed by atoms with Crippen LogP contribution in [0, 0.1) is 4.91 Å². The van der Waals surface area contributed by atoms with E-state index in [1.54, 1.807) is 43.3 Å². The first-order valence-corrected chi connectivity index (χ1v) is 13.2. The number of hydrogen-bond donors (Lipinski definition) is 1. The molecule has 32 heavy (non-hydrogen) atoms. The van der Waals surface area contributed by atoms with Crippen molar-refractivity contribution in [2.24, 2.45) is 5.18 Å². The lowest BCUT2D eigenvalue weighted by Gasteiger charge is -2.09. The largest absolute Gasteiger partial charge is 0.332 e. The van der Waals surface area contributed by atoms with E-state index in [0.717, 1.165) is 5.69 Å². The second-order valence-electron chi connectivity index (χ2n) is 6.65. The van der Waals surface area contributed by atoms with Crippen LogP contribution in [0.1, 0.15) is 36.4 Å². The van der Waals surface area contributed by atoms with Crippen molar-refractivity contribution < 1.29 is 9.00 Å². The molecule has 0 fully saturated rings. The Morgan fingerprint density at radius 2 is 2.00 bits per heavy atom. The number of allylic oxidation sites excluding steroid dienone is 3. The number of hydrogen-bond acceptors (Lipinski definition) is 7. The molecule has 0 amide bonds. The Morgan fingerprint density at radius 1 is 1.38 bits per heavy atom. The topological polar surface area (TPSA) is 88.5 Å². The predicted octanol–water partition coefficient (Wildman–Crippen LogP) is 6.63. The molecular weight excluding hydrogens is 489 g/mol. The number of Topliss-reactive ketones (excluding diaryl/α,β-unsaturated/α-hetero) is 1. The second kappa shape index (κ2) is 14.2. The number of nitroso groups, excluding NO2 is 1. The molecule has 0 aliphatic heterocycles. The summed E-state index contributed by atoms with van der Waals surface area (Å²) in [6.07, 6.45) is 5.50. The van der Waals surface area contributed by atoms with Gasteiger partial charge >= 0.3 is 0 Å². The Kier molecular flexibility index (Phi) is 12.4. The van der Waals surface area contributed by atoms with Crippen molar-refractivity contribution in [3.63, 3.8) is 0 Å². The van der Waals surface area contributed by atoms with E-state index in [2.05, 4.69) is 27.9 Å². The van der Waals surface area contributed by atoms with E-state index >= 15 is 0 Å². The maximum atomic E-state index is 12.6. The van der Waals surface area contributed by atoms with Gasteiger partial charge in [0.25, 0.3) is 0 Å². The first-order valence-electron chi connectivity index (χ1n) is 9.70. The maximum absolute atomic E-state index is 12.6. The monoisotopic (exact) mass is 515 g/mol. The summed E-state index contributed by atoms with van der Waals surface area (Å²) in [6, 6.07) is 7.02. The quantitative estimate of drug-likeness (QED) is 0.0904. The van der Waals surface area contributed by atoms with Crippen LogP contribution in [0.5, 0.6) is 0 Å². The molecule has 1 heterocycles. The van der Waals surface area contributed by atoms with Crippen molar-refractivity contribution in [1.82, 2.24) is 4.98 Å². The number of nitrogens with one attached hydrogen (secondary N) is 1. The van der Waals surface area contributed by atoms with Crippen LogP contribution in [-0.4, -0.2) is 38.5 Å². The Bertz CT molecular complexity index is 1030. The third-order valence-corrected chi connectivity index (χ3v) is 7.57. The summed E-state index contributed by atoms with van der Waals surface area (Å²) in [5, 5.41) is 7.09. The molecule has 174 valence electrons. The number of rotatable bonds is 11. The number of ketones is 1. The van der Waals surface area contributed by atoms with E-state index in [4.69, 9.17) is 23.2 Å². The molecule has 10 heteroatoms. The van der Waals surface area contributed by atoms with Gasteiger partial charge in [-0.25, -0.2) is 4.98 Å². The average Bonchev–Trinajstić information content (AvgIpc) is 3.23. The first kappa shape index (κ1) is 28.0. The summed E-state index contributed by atoms with van der Waals surface area (Å²) in [4.78, 5) is 27.6. The van der Waals surface area contributed by atoms with Crippen LogP contribution in [0.3, 0.4) is 0 Å². The van der Waals surface area contributed by atoms with Crippen molar-refractivity contribution in [3.05, 3.63) is 64.0 Å². The number of carbonyl (C=O) groups is 1. The minimum Gasteiger partial charge on any atom is -0.332 e. The molecule has 2 unspecified atom stereocenters. The highest BCUT2D eigenvalue weighted by Crippen LogP contribution is 2.26. The summed E-state index contributed by atoms with van der Waals surface area (Å²) in [5.41, 5.74) is 0.753. The van der Waals surface area contributed by atoms with Crippen LogP contribution in [0.15, 0.2) is 64.3 Å². The first-order chi connectivity index (χ1) is 15.1. The van der Waals surface area contributed by atoms with Crippen molar-refractivity contribution in [1.29, 1.82) is 0 Å². The molecule has 0 spiro atoms. The SMILES string of the molecule is C=CC(C)Cl.C=S(=O)(CCCN=O)c1ccc(Nc2ncc(C(=O)C/C(Cl)=C\C)s2)cc1. The van der Waals surface area contributed by atoms with E-state index < -0.39 is 9.52 Å². The van der Waals surface area contributed by atoms with Gasteiger partial charge in [-0.3, -0.25) is 9.00 Å². The number of nitrogens with zero attached hydrogens (tertiary/aromatic N) is 2. The molecule has 1 aromatic heterocycles. The number of benzene rings is 1. The molecule has 2 rings (SSSR count). The standard InChI is InChI=1S/C18H20ClN3O3S2.C4H7Cl/c1-3-13(19)11-16(23)17-12-20-18(26-17)22-14-5-7-15(8-6-14)27(2,25)10-4-9-21-24;1-3-4(2)5/h3,5-8,12H,2,4,9-11H2,1H3,(H,20,22);3-4H,1H2,2H3/b13-3+;. The van der Waals surface area contributed by atoms with Crippen LogP contribution in [0.4, 0.5) is 10.8 Å². The smallest absolute Gasteiger partial charge is 0.187 e. The molecule has 0 saturated heterocycles. The number of alkyl halides is 1. The molecule has 6 nitrogen and oxygen atoms in total. The predicted molar refractivity (Wildman–Crippen MR) is 140 cm³/mol. The Labute approximate surface area is 203 Å². The molecule has 2 aromatic rings. The summed E-state index contributed by atoms with van der Waals surface area (Å²) in [5.74, 6) is 4.01. The van der Waals surface area contributed by atoms with E-state index in [-0.39, 0.29) is 24.1 Å². The lowest BCUT2D eigenvalue weighted by atomic mass is 10.2. The fourth-order valence-corrected chi connectivity index (χ4v) is 4.55. The van der Waals surface area contributed by atoms with Gasteiger partial charge in [0.2, 0.25) is 0 Å². The minimum atomic E-state index is -2.45. The minimum absolute atomic E-state index is 0.0828. The third kappa shape index (κ3) is 10.1. The van der Waals surface area contributed by atoms with Crippen molar-refractivity contribution >= 4 is 66.5 Å². The van der Waals surface area contributed by atoms with Crippen LogP contribution in [-0.2, 0) is 9.52 Å². The Morgan fingerprint density at radius 3 is 2.53 bits per heavy atom. The highest BCUT2D eigenvalue weighted by molar-refractivity contribution is 8.00. The van der Waals surface area contributed by atoms with Gasteiger partial charge in [0.1, 0.15) is 0 Å².